The van der Waals surface area contributed by atoms with Gasteiger partial charge in [0.05, 0.1) is 0 Å². The van der Waals surface area contributed by atoms with Gasteiger partial charge in [-0.25, -0.2) is 0 Å². The van der Waals surface area contributed by atoms with Crippen LogP contribution in [0, 0.1) is 0 Å². The number of hydrogen-bond acceptors (Lipinski definition) is 0. The van der Waals surface area contributed by atoms with Crippen LogP contribution in [0.5, 0.6) is 0 Å². The maximum Gasteiger partial charge on any atom is 3.00 e. The minimum absolute atomic E-state index is 0. The molecule has 0 amide bonds. The fraction of sp³-hybridized carbons (Fsp3) is 0. The van der Waals surface area contributed by atoms with Crippen molar-refractivity contribution in [2.45, 2.75) is 0 Å². The van der Waals surface area contributed by atoms with E-state index in [0.29, 0.717) is 0 Å². The van der Waals surface area contributed by atoms with Gasteiger partial charge < -0.3 is 11.0 Å². The molecule has 0 aliphatic heterocycles. The average Bonchev–Trinajstić information content (AvgIpc) is 0. The van der Waals surface area contributed by atoms with E-state index in [-0.39, 0.29) is 45.7 Å². The summed E-state index contributed by atoms with van der Waals surface area (Å²) in [6, 6.07) is 0. The molecule has 4 heteroatoms. The van der Waals surface area contributed by atoms with E-state index in [0.717, 1.165) is 0 Å². The molecule has 0 saturated carbocycles. The summed E-state index contributed by atoms with van der Waals surface area (Å²) in [5, 5.41) is 0. The molecule has 0 aromatic rings. The van der Waals surface area contributed by atoms with Gasteiger partial charge in [-0.2, -0.15) is 0 Å². The van der Waals surface area contributed by atoms with E-state index < -0.39 is 0 Å². The minimum Gasteiger partial charge on any atom is -2.00 e. The van der Waals surface area contributed by atoms with Crippen molar-refractivity contribution in [1.82, 2.24) is 0 Å². The molecule has 0 fully saturated rings. The maximum absolute atomic E-state index is 0. The van der Waals surface area contributed by atoms with Crippen molar-refractivity contribution in [3.63, 3.8) is 0 Å². The molecule has 16 valence electrons. The van der Waals surface area contributed by atoms with Crippen LogP contribution in [0.15, 0.2) is 0 Å². The molecule has 4 heavy (non-hydrogen) atoms. The van der Waals surface area contributed by atoms with E-state index in [1.54, 1.807) is 0 Å². The zero-order chi connectivity index (χ0) is 0. The van der Waals surface area contributed by atoms with Gasteiger partial charge in [-0.3, -0.25) is 0 Å². The van der Waals surface area contributed by atoms with Crippen LogP contribution in [-0.4, -0.2) is 40.2 Å². The predicted molar refractivity (Wildman–Crippen MR) is 15.8 cm³/mol. The molecule has 0 radical (unpaired) electrons. The first kappa shape index (κ1) is 81.6. The van der Waals surface area contributed by atoms with E-state index in [4.69, 9.17) is 0 Å². The van der Waals surface area contributed by atoms with Crippen molar-refractivity contribution in [2.75, 3.05) is 0 Å². The van der Waals surface area contributed by atoms with Gasteiger partial charge in [0.2, 0.25) is 0 Å². The fourth-order valence-electron chi connectivity index (χ4n) is 0. The Morgan fingerprint density at radius 3 is 0.750 bits per heavy atom. The van der Waals surface area contributed by atoms with E-state index in [9.17, 15) is 0 Å². The van der Waals surface area contributed by atoms with Crippen LogP contribution >= 0.6 is 0 Å². The number of rotatable bonds is 0. The van der Waals surface area contributed by atoms with Gasteiger partial charge in [0, 0.05) is 0 Å². The topological polar surface area (TPSA) is 60.0 Å². The van der Waals surface area contributed by atoms with Crippen LogP contribution in [0.3, 0.4) is 0 Å². The maximum atomic E-state index is 0. The zero-order valence-corrected chi connectivity index (χ0v) is 4.37. The molecule has 2 nitrogen and oxygen atoms in total. The molecular formula is H2Al2O2+4. The molecule has 0 aliphatic carbocycles. The largest absolute Gasteiger partial charge is 3.00 e. The van der Waals surface area contributed by atoms with Crippen molar-refractivity contribution >= 4 is 34.7 Å². The van der Waals surface area contributed by atoms with Gasteiger partial charge in [-0.1, -0.05) is 0 Å². The Morgan fingerprint density at radius 1 is 0.750 bits per heavy atom. The van der Waals surface area contributed by atoms with Crippen molar-refractivity contribution in [1.29, 1.82) is 0 Å². The second kappa shape index (κ2) is 36.6. The van der Waals surface area contributed by atoms with E-state index in [2.05, 4.69) is 0 Å². The predicted octanol–water partition coefficient (Wildman–Crippen LogP) is -1.71. The third kappa shape index (κ3) is 12.1. The Kier molecular flexibility index (Phi) is 747. The summed E-state index contributed by atoms with van der Waals surface area (Å²) in [5.74, 6) is 0. The summed E-state index contributed by atoms with van der Waals surface area (Å²) in [6.07, 6.45) is 0. The summed E-state index contributed by atoms with van der Waals surface area (Å²) in [7, 11) is 0. The van der Waals surface area contributed by atoms with E-state index in [1.165, 1.54) is 0 Å². The van der Waals surface area contributed by atoms with Crippen LogP contribution in [0.2, 0.25) is 0 Å². The van der Waals surface area contributed by atoms with Crippen molar-refractivity contribution in [2.24, 2.45) is 0 Å². The normalized spacial score (nSPS) is 0. The third-order valence-electron chi connectivity index (χ3n) is 0. The molecule has 0 saturated heterocycles. The first-order valence-corrected chi connectivity index (χ1v) is 0. The summed E-state index contributed by atoms with van der Waals surface area (Å²) in [5.41, 5.74) is 0. The van der Waals surface area contributed by atoms with Gasteiger partial charge in [-0.15, -0.1) is 0 Å². The Balaban J connectivity index is 0. The first-order chi connectivity index (χ1) is 0. The molecule has 0 spiro atoms. The number of hydrogen-bond donors (Lipinski definition) is 0. The van der Waals surface area contributed by atoms with Crippen molar-refractivity contribution in [3.8, 4) is 0 Å². The van der Waals surface area contributed by atoms with E-state index in [1.807, 2.05) is 0 Å². The van der Waals surface area contributed by atoms with Gasteiger partial charge in [0.1, 0.15) is 0 Å². The smallest absolute Gasteiger partial charge is 2.00 e. The van der Waals surface area contributed by atoms with Gasteiger partial charge in [0.25, 0.3) is 0 Å². The minimum atomic E-state index is 0. The Morgan fingerprint density at radius 2 is 0.750 bits per heavy atom. The van der Waals surface area contributed by atoms with Crippen molar-refractivity contribution in [3.05, 3.63) is 0 Å². The molecule has 0 aliphatic rings. The van der Waals surface area contributed by atoms with Crippen LogP contribution < -0.4 is 0 Å². The van der Waals surface area contributed by atoms with Crippen LogP contribution in [-0.2, 0) is 5.48 Å². The Bertz CT molecular complexity index is 4.00. The molecule has 0 aromatic carbocycles. The van der Waals surface area contributed by atoms with Crippen LogP contribution in [0.4, 0.5) is 0 Å². The van der Waals surface area contributed by atoms with E-state index >= 15 is 0 Å². The molecule has 0 aromatic heterocycles. The average molecular weight is 88.0 g/mol. The van der Waals surface area contributed by atoms with Crippen LogP contribution in [0.1, 0.15) is 0 Å². The van der Waals surface area contributed by atoms with Gasteiger partial charge >= 0.3 is 34.7 Å². The molecule has 0 heterocycles. The summed E-state index contributed by atoms with van der Waals surface area (Å²) in [6.45, 7) is 0. The second-order valence-corrected chi connectivity index (χ2v) is 0. The third-order valence-corrected chi connectivity index (χ3v) is 0. The zero-order valence-electron chi connectivity index (χ0n) is 2.06. The second-order valence-electron chi connectivity index (χ2n) is 0. The Labute approximate surface area is 46.1 Å². The summed E-state index contributed by atoms with van der Waals surface area (Å²) < 4.78 is 0. The molecule has 0 atom stereocenters. The molecule has 0 bridgehead atoms. The fourth-order valence-corrected chi connectivity index (χ4v) is 0. The van der Waals surface area contributed by atoms with Crippen molar-refractivity contribution < 1.29 is 11.0 Å². The molecular weight excluding hydrogens is 86.0 g/mol. The molecule has 0 rings (SSSR count). The molecule has 0 unspecified atom stereocenters. The first-order valence-electron chi connectivity index (χ1n) is 0. The molecule has 2 N–H and O–H groups in total. The summed E-state index contributed by atoms with van der Waals surface area (Å²) >= 11 is 0. The van der Waals surface area contributed by atoms with Crippen LogP contribution in [0.25, 0.3) is 0 Å². The monoisotopic (exact) mass is 88.0 g/mol. The van der Waals surface area contributed by atoms with Gasteiger partial charge in [-0.05, 0) is 0 Å². The van der Waals surface area contributed by atoms with Gasteiger partial charge in [0.15, 0.2) is 0 Å². The standard InChI is InChI=1S/2Al.H2O.O/h;;1H2;/q2*+3;;-2. The Hall–Kier alpha value is 0.985. The quantitative estimate of drug-likeness (QED) is 0.317. The summed E-state index contributed by atoms with van der Waals surface area (Å²) in [4.78, 5) is 0. The SMILES string of the molecule is O.[Al+3].[Al+3].[O-2].